The number of carbonyl (C=O) groups excluding carboxylic acids is 1. The summed E-state index contributed by atoms with van der Waals surface area (Å²) in [5, 5.41) is 11.9. The van der Waals surface area contributed by atoms with Crippen LogP contribution in [0, 0.1) is 0 Å². The van der Waals surface area contributed by atoms with Crippen LogP contribution in [0.3, 0.4) is 0 Å². The Morgan fingerprint density at radius 1 is 1.25 bits per heavy atom. The van der Waals surface area contributed by atoms with Gasteiger partial charge in [0.2, 0.25) is 0 Å². The van der Waals surface area contributed by atoms with Crippen molar-refractivity contribution in [2.24, 2.45) is 5.73 Å². The first-order chi connectivity index (χ1) is 9.49. The second-order valence-corrected chi connectivity index (χ2v) is 4.15. The highest BCUT2D eigenvalue weighted by Gasteiger charge is 2.13. The molecule has 102 valence electrons. The van der Waals surface area contributed by atoms with E-state index in [0.717, 1.165) is 0 Å². The maximum absolute atomic E-state index is 11.2. The minimum Gasteiger partial charge on any atom is -0.478 e. The van der Waals surface area contributed by atoms with Crippen LogP contribution >= 0.6 is 11.6 Å². The van der Waals surface area contributed by atoms with Gasteiger partial charge in [0.25, 0.3) is 5.91 Å². The Labute approximate surface area is 118 Å². The molecule has 1 aromatic heterocycles. The molecule has 7 nitrogen and oxygen atoms in total. The third-order valence-corrected chi connectivity index (χ3v) is 2.72. The van der Waals surface area contributed by atoms with Crippen LogP contribution in [0.15, 0.2) is 30.6 Å². The fourth-order valence-corrected chi connectivity index (χ4v) is 1.71. The number of aromatic nitrogens is 2. The molecule has 2 rings (SSSR count). The van der Waals surface area contributed by atoms with Gasteiger partial charge in [0.05, 0.1) is 10.6 Å². The van der Waals surface area contributed by atoms with Crippen LogP contribution in [0.4, 0.5) is 11.5 Å². The van der Waals surface area contributed by atoms with Gasteiger partial charge in [0, 0.05) is 18.1 Å². The highest BCUT2D eigenvalue weighted by atomic mass is 35.5. The lowest BCUT2D eigenvalue weighted by Gasteiger charge is -2.09. The second-order valence-electron chi connectivity index (χ2n) is 3.74. The van der Waals surface area contributed by atoms with Crippen LogP contribution < -0.4 is 11.1 Å². The largest absolute Gasteiger partial charge is 0.478 e. The lowest BCUT2D eigenvalue weighted by Crippen LogP contribution is -2.16. The molecule has 4 N–H and O–H groups in total. The summed E-state index contributed by atoms with van der Waals surface area (Å²) in [6, 6.07) is 4.30. The van der Waals surface area contributed by atoms with Crippen molar-refractivity contribution in [2.45, 2.75) is 0 Å². The summed E-state index contributed by atoms with van der Waals surface area (Å²) in [6.07, 6.45) is 2.71. The van der Waals surface area contributed by atoms with E-state index in [0.29, 0.717) is 5.69 Å². The van der Waals surface area contributed by atoms with E-state index in [9.17, 15) is 9.59 Å². The topological polar surface area (TPSA) is 118 Å². The number of primary amides is 1. The summed E-state index contributed by atoms with van der Waals surface area (Å²) in [5.41, 5.74) is 5.46. The number of carboxylic acid groups (broad SMARTS) is 1. The van der Waals surface area contributed by atoms with Crippen molar-refractivity contribution in [3.8, 4) is 0 Å². The number of carbonyl (C=O) groups is 2. The number of nitrogens with one attached hydrogen (secondary N) is 1. The third-order valence-electron chi connectivity index (χ3n) is 2.39. The number of nitrogens with zero attached hydrogens (tertiary/aromatic N) is 2. The molecule has 0 spiro atoms. The first-order valence-corrected chi connectivity index (χ1v) is 5.77. The number of amides is 1. The van der Waals surface area contributed by atoms with E-state index in [1.807, 2.05) is 0 Å². The lowest BCUT2D eigenvalue weighted by molar-refractivity contribution is 0.0697. The standard InChI is InChI=1S/C12H9ClN4O3/c13-8-2-1-6(5-7(8)12(19)20)17-11-9(10(14)18)15-3-4-16-11/h1-5H,(H2,14,18)(H,16,17)(H,19,20). The van der Waals surface area contributed by atoms with Crippen molar-refractivity contribution in [1.29, 1.82) is 0 Å². The summed E-state index contributed by atoms with van der Waals surface area (Å²) in [4.78, 5) is 29.9. The number of hydrogen-bond acceptors (Lipinski definition) is 5. The molecule has 0 saturated heterocycles. The van der Waals surface area contributed by atoms with Gasteiger partial charge in [-0.05, 0) is 18.2 Å². The van der Waals surface area contributed by atoms with Gasteiger partial charge in [0.15, 0.2) is 11.5 Å². The molecule has 0 unspecified atom stereocenters. The maximum Gasteiger partial charge on any atom is 0.337 e. The average Bonchev–Trinajstić information content (AvgIpc) is 2.41. The Hall–Kier alpha value is -2.67. The van der Waals surface area contributed by atoms with Gasteiger partial charge >= 0.3 is 5.97 Å². The Kier molecular flexibility index (Phi) is 3.81. The van der Waals surface area contributed by atoms with Crippen molar-refractivity contribution in [2.75, 3.05) is 5.32 Å². The molecule has 0 aliphatic heterocycles. The number of hydrogen-bond donors (Lipinski definition) is 3. The fourth-order valence-electron chi connectivity index (χ4n) is 1.51. The maximum atomic E-state index is 11.2. The zero-order valence-electron chi connectivity index (χ0n) is 10.0. The van der Waals surface area contributed by atoms with Gasteiger partial charge in [-0.3, -0.25) is 4.79 Å². The zero-order valence-corrected chi connectivity index (χ0v) is 10.8. The molecule has 0 saturated carbocycles. The van der Waals surface area contributed by atoms with Crippen molar-refractivity contribution in [3.63, 3.8) is 0 Å². The van der Waals surface area contributed by atoms with Crippen molar-refractivity contribution >= 4 is 35.0 Å². The Morgan fingerprint density at radius 2 is 1.95 bits per heavy atom. The minimum absolute atomic E-state index is 0.0423. The van der Waals surface area contributed by atoms with E-state index in [1.165, 1.54) is 24.5 Å². The SMILES string of the molecule is NC(=O)c1nccnc1Nc1ccc(Cl)c(C(=O)O)c1. The average molecular weight is 293 g/mol. The summed E-state index contributed by atoms with van der Waals surface area (Å²) in [5.74, 6) is -1.76. The van der Waals surface area contributed by atoms with Crippen LogP contribution in [0.25, 0.3) is 0 Å². The highest BCUT2D eigenvalue weighted by Crippen LogP contribution is 2.23. The highest BCUT2D eigenvalue weighted by molar-refractivity contribution is 6.33. The first-order valence-electron chi connectivity index (χ1n) is 5.39. The second kappa shape index (κ2) is 5.54. The molecule has 0 bridgehead atoms. The van der Waals surface area contributed by atoms with Gasteiger partial charge in [-0.15, -0.1) is 0 Å². The number of nitrogens with two attached hydrogens (primary N) is 1. The van der Waals surface area contributed by atoms with E-state index >= 15 is 0 Å². The fraction of sp³-hybridized carbons (Fsp3) is 0. The van der Waals surface area contributed by atoms with Crippen molar-refractivity contribution in [3.05, 3.63) is 46.9 Å². The van der Waals surface area contributed by atoms with Gasteiger partial charge < -0.3 is 16.2 Å². The van der Waals surface area contributed by atoms with Crippen LogP contribution in [-0.4, -0.2) is 27.0 Å². The first kappa shape index (κ1) is 13.8. The van der Waals surface area contributed by atoms with Crippen LogP contribution in [0.1, 0.15) is 20.8 Å². The molecule has 1 heterocycles. The van der Waals surface area contributed by atoms with Crippen LogP contribution in [-0.2, 0) is 0 Å². The summed E-state index contributed by atoms with van der Waals surface area (Å²) in [7, 11) is 0. The van der Waals surface area contributed by atoms with E-state index in [-0.39, 0.29) is 22.1 Å². The van der Waals surface area contributed by atoms with Gasteiger partial charge in [-0.1, -0.05) is 11.6 Å². The van der Waals surface area contributed by atoms with E-state index in [2.05, 4.69) is 15.3 Å². The van der Waals surface area contributed by atoms with Crippen LogP contribution in [0.5, 0.6) is 0 Å². The van der Waals surface area contributed by atoms with Crippen LogP contribution in [0.2, 0.25) is 5.02 Å². The Bertz CT molecular complexity index is 690. The molecule has 20 heavy (non-hydrogen) atoms. The smallest absolute Gasteiger partial charge is 0.337 e. The molecule has 1 aromatic carbocycles. The monoisotopic (exact) mass is 292 g/mol. The van der Waals surface area contributed by atoms with E-state index in [4.69, 9.17) is 22.4 Å². The molecule has 0 fully saturated rings. The van der Waals surface area contributed by atoms with Crippen molar-refractivity contribution < 1.29 is 14.7 Å². The normalized spacial score (nSPS) is 10.1. The molecule has 8 heteroatoms. The molecule has 2 aromatic rings. The third kappa shape index (κ3) is 2.83. The number of anilines is 2. The molecule has 0 radical (unpaired) electrons. The number of carboxylic acids is 1. The molecule has 0 aliphatic rings. The molecular formula is C12H9ClN4O3. The van der Waals surface area contributed by atoms with E-state index in [1.54, 1.807) is 6.07 Å². The Balaban J connectivity index is 2.38. The Morgan fingerprint density at radius 3 is 2.60 bits per heavy atom. The predicted molar refractivity (Wildman–Crippen MR) is 72.2 cm³/mol. The number of benzene rings is 1. The number of halogens is 1. The molecule has 1 amide bonds. The zero-order chi connectivity index (χ0) is 14.7. The van der Waals surface area contributed by atoms with E-state index < -0.39 is 11.9 Å². The minimum atomic E-state index is -1.16. The van der Waals surface area contributed by atoms with Crippen molar-refractivity contribution in [1.82, 2.24) is 9.97 Å². The van der Waals surface area contributed by atoms with Gasteiger partial charge in [0.1, 0.15) is 0 Å². The predicted octanol–water partition coefficient (Wildman–Crippen LogP) is 1.67. The number of rotatable bonds is 4. The molecule has 0 atom stereocenters. The number of aromatic carboxylic acids is 1. The summed E-state index contributed by atoms with van der Waals surface area (Å²) in [6.45, 7) is 0. The van der Waals surface area contributed by atoms with Gasteiger partial charge in [-0.2, -0.15) is 0 Å². The quantitative estimate of drug-likeness (QED) is 0.789. The molecule has 0 aliphatic carbocycles. The molecular weight excluding hydrogens is 284 g/mol. The summed E-state index contributed by atoms with van der Waals surface area (Å²) < 4.78 is 0. The summed E-state index contributed by atoms with van der Waals surface area (Å²) >= 11 is 5.77. The lowest BCUT2D eigenvalue weighted by atomic mass is 10.2. The van der Waals surface area contributed by atoms with Gasteiger partial charge in [-0.25, -0.2) is 14.8 Å².